The number of hydrogen-bond acceptors (Lipinski definition) is 1. The second-order valence-electron chi connectivity index (χ2n) is 6.12. The van der Waals surface area contributed by atoms with Gasteiger partial charge in [0.25, 0.3) is 0 Å². The molecule has 1 N–H and O–H groups in total. The molecule has 0 aromatic heterocycles. The molecule has 1 aromatic rings. The third-order valence-corrected chi connectivity index (χ3v) is 3.87. The third-order valence-electron chi connectivity index (χ3n) is 3.87. The Kier molecular flexibility index (Phi) is 4.74. The highest BCUT2D eigenvalue weighted by atomic mass is 19.4. The lowest BCUT2D eigenvalue weighted by Gasteiger charge is -2.31. The number of nitrogens with one attached hydrogen (secondary N) is 1. The van der Waals surface area contributed by atoms with Crippen LogP contribution in [0.25, 0.3) is 0 Å². The van der Waals surface area contributed by atoms with E-state index in [0.29, 0.717) is 12.3 Å². The zero-order valence-corrected chi connectivity index (χ0v) is 12.0. The average molecular weight is 285 g/mol. The van der Waals surface area contributed by atoms with Crippen LogP contribution < -0.4 is 5.32 Å². The van der Waals surface area contributed by atoms with E-state index in [1.54, 1.807) is 0 Å². The minimum atomic E-state index is -4.07. The van der Waals surface area contributed by atoms with Crippen molar-refractivity contribution in [3.63, 3.8) is 0 Å². The molecule has 4 heteroatoms. The third kappa shape index (κ3) is 3.98. The molecule has 1 aliphatic heterocycles. The van der Waals surface area contributed by atoms with Gasteiger partial charge in [-0.1, -0.05) is 38.1 Å². The number of alkyl halides is 3. The summed E-state index contributed by atoms with van der Waals surface area (Å²) in [6.45, 7) is 4.36. The Morgan fingerprint density at radius 1 is 1.25 bits per heavy atom. The van der Waals surface area contributed by atoms with Crippen molar-refractivity contribution in [1.29, 1.82) is 0 Å². The Balaban J connectivity index is 2.00. The van der Waals surface area contributed by atoms with E-state index < -0.39 is 12.1 Å². The standard InChI is InChI=1S/C16H22F3N/c1-11(2)8-12-4-3-5-13(9-12)15-7-6-14(10-20-15)16(17,18)19/h3-5,9,11,14-15,20H,6-8,10H2,1-2H3. The van der Waals surface area contributed by atoms with Crippen LogP contribution in [0.1, 0.15) is 43.9 Å². The van der Waals surface area contributed by atoms with Gasteiger partial charge < -0.3 is 5.32 Å². The fourth-order valence-corrected chi connectivity index (χ4v) is 2.83. The van der Waals surface area contributed by atoms with Gasteiger partial charge in [-0.25, -0.2) is 0 Å². The van der Waals surface area contributed by atoms with Crippen LogP contribution in [-0.2, 0) is 6.42 Å². The topological polar surface area (TPSA) is 12.0 Å². The van der Waals surface area contributed by atoms with E-state index in [1.807, 2.05) is 12.1 Å². The van der Waals surface area contributed by atoms with Crippen LogP contribution >= 0.6 is 0 Å². The lowest BCUT2D eigenvalue weighted by Crippen LogP contribution is -2.40. The van der Waals surface area contributed by atoms with Gasteiger partial charge in [-0.2, -0.15) is 13.2 Å². The summed E-state index contributed by atoms with van der Waals surface area (Å²) in [6, 6.07) is 8.29. The van der Waals surface area contributed by atoms with E-state index in [9.17, 15) is 13.2 Å². The van der Waals surface area contributed by atoms with Gasteiger partial charge >= 0.3 is 6.18 Å². The molecule has 1 aromatic carbocycles. The molecule has 1 nitrogen and oxygen atoms in total. The van der Waals surface area contributed by atoms with Crippen LogP contribution in [-0.4, -0.2) is 12.7 Å². The molecule has 1 fully saturated rings. The number of halogens is 3. The molecule has 2 atom stereocenters. The van der Waals surface area contributed by atoms with Crippen LogP contribution in [0.3, 0.4) is 0 Å². The Morgan fingerprint density at radius 3 is 2.55 bits per heavy atom. The summed E-state index contributed by atoms with van der Waals surface area (Å²) in [5, 5.41) is 3.05. The summed E-state index contributed by atoms with van der Waals surface area (Å²) in [7, 11) is 0. The molecular formula is C16H22F3N. The highest BCUT2D eigenvalue weighted by Crippen LogP contribution is 2.35. The van der Waals surface area contributed by atoms with Crippen molar-refractivity contribution >= 4 is 0 Å². The van der Waals surface area contributed by atoms with Crippen molar-refractivity contribution in [1.82, 2.24) is 5.32 Å². The quantitative estimate of drug-likeness (QED) is 0.863. The summed E-state index contributed by atoms with van der Waals surface area (Å²) in [5.74, 6) is -0.614. The zero-order chi connectivity index (χ0) is 14.8. The second-order valence-corrected chi connectivity index (χ2v) is 6.12. The number of hydrogen-bond donors (Lipinski definition) is 1. The van der Waals surface area contributed by atoms with E-state index >= 15 is 0 Å². The van der Waals surface area contributed by atoms with Crippen molar-refractivity contribution in [3.8, 4) is 0 Å². The minimum absolute atomic E-state index is 0.0303. The predicted molar refractivity (Wildman–Crippen MR) is 74.5 cm³/mol. The molecule has 2 unspecified atom stereocenters. The first-order valence-electron chi connectivity index (χ1n) is 7.25. The SMILES string of the molecule is CC(C)Cc1cccc(C2CCC(C(F)(F)F)CN2)c1. The first kappa shape index (κ1) is 15.4. The molecule has 1 heterocycles. The fourth-order valence-electron chi connectivity index (χ4n) is 2.83. The lowest BCUT2D eigenvalue weighted by molar-refractivity contribution is -0.179. The van der Waals surface area contributed by atoms with Crippen LogP contribution in [0.4, 0.5) is 13.2 Å². The van der Waals surface area contributed by atoms with E-state index in [2.05, 4.69) is 31.3 Å². The smallest absolute Gasteiger partial charge is 0.309 e. The number of piperidine rings is 1. The monoisotopic (exact) mass is 285 g/mol. The average Bonchev–Trinajstić information content (AvgIpc) is 2.37. The lowest BCUT2D eigenvalue weighted by atomic mass is 9.89. The Hall–Kier alpha value is -1.03. The summed E-state index contributed by atoms with van der Waals surface area (Å²) >= 11 is 0. The van der Waals surface area contributed by atoms with E-state index in [0.717, 1.165) is 12.0 Å². The highest BCUT2D eigenvalue weighted by Gasteiger charge is 2.41. The number of rotatable bonds is 3. The van der Waals surface area contributed by atoms with Crippen molar-refractivity contribution in [2.75, 3.05) is 6.54 Å². The van der Waals surface area contributed by atoms with E-state index in [1.165, 1.54) is 5.56 Å². The van der Waals surface area contributed by atoms with Gasteiger partial charge in [-0.3, -0.25) is 0 Å². The molecule has 20 heavy (non-hydrogen) atoms. The van der Waals surface area contributed by atoms with Gasteiger partial charge in [0.2, 0.25) is 0 Å². The summed E-state index contributed by atoms with van der Waals surface area (Å²) in [4.78, 5) is 0. The molecular weight excluding hydrogens is 263 g/mol. The van der Waals surface area contributed by atoms with Gasteiger partial charge in [-0.15, -0.1) is 0 Å². The maximum atomic E-state index is 12.6. The molecule has 112 valence electrons. The molecule has 1 aliphatic rings. The molecule has 0 saturated carbocycles. The van der Waals surface area contributed by atoms with Crippen molar-refractivity contribution in [2.45, 2.75) is 45.3 Å². The first-order valence-corrected chi connectivity index (χ1v) is 7.25. The molecule has 1 saturated heterocycles. The van der Waals surface area contributed by atoms with Gasteiger partial charge in [-0.05, 0) is 36.3 Å². The normalized spacial score (nSPS) is 24.1. The van der Waals surface area contributed by atoms with Gasteiger partial charge in [0.15, 0.2) is 0 Å². The van der Waals surface area contributed by atoms with Crippen LogP contribution in [0.15, 0.2) is 24.3 Å². The van der Waals surface area contributed by atoms with Crippen LogP contribution in [0.2, 0.25) is 0 Å². The Bertz CT molecular complexity index is 432. The molecule has 0 aliphatic carbocycles. The van der Waals surface area contributed by atoms with Gasteiger partial charge in [0, 0.05) is 12.6 Å². The van der Waals surface area contributed by atoms with Crippen LogP contribution in [0.5, 0.6) is 0 Å². The predicted octanol–water partition coefficient (Wildman–Crippen LogP) is 4.49. The van der Waals surface area contributed by atoms with E-state index in [4.69, 9.17) is 0 Å². The molecule has 2 rings (SSSR count). The number of benzene rings is 1. The minimum Gasteiger partial charge on any atom is -0.309 e. The zero-order valence-electron chi connectivity index (χ0n) is 12.0. The van der Waals surface area contributed by atoms with E-state index in [-0.39, 0.29) is 19.0 Å². The molecule has 0 spiro atoms. The Labute approximate surface area is 118 Å². The summed E-state index contributed by atoms with van der Waals surface area (Å²) in [6.07, 6.45) is -2.30. The van der Waals surface area contributed by atoms with Crippen molar-refractivity contribution in [2.24, 2.45) is 11.8 Å². The summed E-state index contributed by atoms with van der Waals surface area (Å²) < 4.78 is 37.9. The van der Waals surface area contributed by atoms with Crippen molar-refractivity contribution in [3.05, 3.63) is 35.4 Å². The summed E-state index contributed by atoms with van der Waals surface area (Å²) in [5.41, 5.74) is 2.38. The maximum absolute atomic E-state index is 12.6. The maximum Gasteiger partial charge on any atom is 0.393 e. The van der Waals surface area contributed by atoms with Gasteiger partial charge in [0.1, 0.15) is 0 Å². The first-order chi connectivity index (χ1) is 9.36. The van der Waals surface area contributed by atoms with Crippen molar-refractivity contribution < 1.29 is 13.2 Å². The second kappa shape index (κ2) is 6.17. The fraction of sp³-hybridized carbons (Fsp3) is 0.625. The Morgan fingerprint density at radius 2 is 2.00 bits per heavy atom. The molecule has 0 radical (unpaired) electrons. The van der Waals surface area contributed by atoms with Crippen LogP contribution in [0, 0.1) is 11.8 Å². The molecule has 0 amide bonds. The largest absolute Gasteiger partial charge is 0.393 e. The highest BCUT2D eigenvalue weighted by molar-refractivity contribution is 5.26. The van der Waals surface area contributed by atoms with Gasteiger partial charge in [0.05, 0.1) is 5.92 Å². The molecule has 0 bridgehead atoms.